The van der Waals surface area contributed by atoms with Crippen LogP contribution in [-0.2, 0) is 10.0 Å². The highest BCUT2D eigenvalue weighted by Crippen LogP contribution is 2.64. The number of allylic oxidation sites excluding steroid dienone is 1. The van der Waals surface area contributed by atoms with Crippen LogP contribution in [0.4, 0.5) is 74.6 Å². The minimum absolute atomic E-state index is 0.306. The van der Waals surface area contributed by atoms with Gasteiger partial charge in [-0.25, -0.2) is 13.6 Å². The monoisotopic (exact) mass is 601 g/mol. The zero-order valence-electron chi connectivity index (χ0n) is 16.7. The van der Waals surface area contributed by atoms with E-state index in [1.54, 1.807) is 0 Å². The molecule has 0 saturated carbocycles. The van der Waals surface area contributed by atoms with Crippen molar-refractivity contribution < 1.29 is 83.1 Å². The highest BCUT2D eigenvalue weighted by Gasteiger charge is 2.95. The molecule has 0 bridgehead atoms. The Morgan fingerprint density at radius 1 is 0.541 bits per heavy atom. The van der Waals surface area contributed by atoms with Gasteiger partial charge in [0.25, 0.3) is 0 Å². The Labute approximate surface area is 193 Å². The summed E-state index contributed by atoms with van der Waals surface area (Å²) in [4.78, 5) is -0.716. The van der Waals surface area contributed by atoms with Gasteiger partial charge in [0.1, 0.15) is 0 Å². The van der Waals surface area contributed by atoms with E-state index in [9.17, 15) is 83.1 Å². The molecule has 214 valence electrons. The molecular formula is C16H8F17NO2S. The van der Waals surface area contributed by atoms with Gasteiger partial charge in [-0.05, 0) is 23.8 Å². The van der Waals surface area contributed by atoms with Crippen molar-refractivity contribution in [1.29, 1.82) is 0 Å². The maximum Gasteiger partial charge on any atom is 0.460 e. The molecule has 37 heavy (non-hydrogen) atoms. The molecule has 0 saturated heterocycles. The van der Waals surface area contributed by atoms with Crippen molar-refractivity contribution in [2.24, 2.45) is 5.14 Å². The molecule has 0 aliphatic carbocycles. The molecule has 0 fully saturated rings. The van der Waals surface area contributed by atoms with Crippen LogP contribution in [0, 0.1) is 0 Å². The predicted molar refractivity (Wildman–Crippen MR) is 87.5 cm³/mol. The third kappa shape index (κ3) is 4.94. The van der Waals surface area contributed by atoms with Gasteiger partial charge in [-0.3, -0.25) is 0 Å². The maximum absolute atomic E-state index is 13.8. The Balaban J connectivity index is 3.55. The van der Waals surface area contributed by atoms with E-state index in [0.29, 0.717) is 24.3 Å². The number of rotatable bonds is 9. The van der Waals surface area contributed by atoms with Crippen molar-refractivity contribution in [3.8, 4) is 0 Å². The van der Waals surface area contributed by atoms with E-state index < -0.39 is 74.2 Å². The number of nitrogens with two attached hydrogens (primary N) is 1. The molecule has 0 atom stereocenters. The van der Waals surface area contributed by atoms with Crippen LogP contribution in [0.2, 0.25) is 0 Å². The predicted octanol–water partition coefficient (Wildman–Crippen LogP) is 6.36. The molecule has 2 N–H and O–H groups in total. The van der Waals surface area contributed by atoms with Crippen molar-refractivity contribution >= 4 is 16.1 Å². The van der Waals surface area contributed by atoms with Crippen molar-refractivity contribution in [2.75, 3.05) is 0 Å². The van der Waals surface area contributed by atoms with Gasteiger partial charge >= 0.3 is 47.6 Å². The van der Waals surface area contributed by atoms with E-state index in [1.165, 1.54) is 0 Å². The van der Waals surface area contributed by atoms with Gasteiger partial charge in [0.05, 0.1) is 4.90 Å². The molecule has 0 aliphatic heterocycles. The number of benzene rings is 1. The van der Waals surface area contributed by atoms with Crippen LogP contribution in [-0.4, -0.2) is 56.1 Å². The lowest BCUT2D eigenvalue weighted by Crippen LogP contribution is -2.74. The quantitative estimate of drug-likeness (QED) is 0.336. The van der Waals surface area contributed by atoms with Crippen LogP contribution < -0.4 is 5.14 Å². The van der Waals surface area contributed by atoms with Gasteiger partial charge in [0.15, 0.2) is 0 Å². The lowest BCUT2D eigenvalue weighted by Gasteiger charge is -2.42. The highest BCUT2D eigenvalue weighted by molar-refractivity contribution is 7.89. The third-order valence-electron chi connectivity index (χ3n) is 4.44. The minimum atomic E-state index is -8.70. The van der Waals surface area contributed by atoms with Gasteiger partial charge in [-0.1, -0.05) is 18.2 Å². The average molecular weight is 601 g/mol. The van der Waals surface area contributed by atoms with Crippen LogP contribution in [0.5, 0.6) is 0 Å². The SMILES string of the molecule is NS(=O)(=O)c1ccc(C=CC(F)(F)C(F)(F)C(F)(F)C(F)(F)C(F)(F)C(F)(F)C(F)(F)C(F)(F)F)cc1. The van der Waals surface area contributed by atoms with Crippen molar-refractivity contribution in [2.45, 2.75) is 52.5 Å². The first-order valence-corrected chi connectivity index (χ1v) is 10.0. The van der Waals surface area contributed by atoms with Gasteiger partial charge in [-0.15, -0.1) is 0 Å². The van der Waals surface area contributed by atoms with E-state index in [-0.39, 0.29) is 6.08 Å². The summed E-state index contributed by atoms with van der Waals surface area (Å²) in [5, 5.41) is 4.67. The Hall–Kier alpha value is -2.32. The second-order valence-electron chi connectivity index (χ2n) is 7.01. The average Bonchev–Trinajstić information content (AvgIpc) is 2.70. The first kappa shape index (κ1) is 32.7. The molecular weight excluding hydrogens is 593 g/mol. The summed E-state index contributed by atoms with van der Waals surface area (Å²) in [5.74, 6) is -57.1. The lowest BCUT2D eigenvalue weighted by molar-refractivity contribution is -0.459. The number of halogens is 17. The molecule has 0 unspecified atom stereocenters. The summed E-state index contributed by atoms with van der Waals surface area (Å²) in [6, 6.07) is 2.03. The number of alkyl halides is 17. The topological polar surface area (TPSA) is 60.2 Å². The first-order valence-electron chi connectivity index (χ1n) is 8.47. The summed E-state index contributed by atoms with van der Waals surface area (Å²) < 4.78 is 246. The Morgan fingerprint density at radius 2 is 0.865 bits per heavy atom. The summed E-state index contributed by atoms with van der Waals surface area (Å²) >= 11 is 0. The Bertz CT molecular complexity index is 1120. The van der Waals surface area contributed by atoms with Gasteiger partial charge in [0, 0.05) is 0 Å². The zero-order valence-corrected chi connectivity index (χ0v) is 17.5. The molecule has 0 aliphatic rings. The lowest BCUT2D eigenvalue weighted by atomic mass is 9.89. The van der Waals surface area contributed by atoms with Crippen LogP contribution >= 0.6 is 0 Å². The summed E-state index contributed by atoms with van der Waals surface area (Å²) in [5.41, 5.74) is -0.778. The standard InChI is InChI=1S/C16H8F17NO2S/c17-9(18,6-5-7-1-3-8(4-2-7)37(34,35)36)10(19,20)11(21,22)12(23,24)13(25,26)14(27,28)15(29,30)16(31,32)33/h1-6H,(H2,34,35,36). The van der Waals surface area contributed by atoms with Crippen molar-refractivity contribution in [3.05, 3.63) is 35.9 Å². The van der Waals surface area contributed by atoms with E-state index in [2.05, 4.69) is 5.14 Å². The molecule has 1 aromatic carbocycles. The summed E-state index contributed by atoms with van der Waals surface area (Å²) in [6.45, 7) is 0. The van der Waals surface area contributed by atoms with E-state index in [0.717, 1.165) is 0 Å². The van der Waals surface area contributed by atoms with E-state index >= 15 is 0 Å². The molecule has 3 nitrogen and oxygen atoms in total. The van der Waals surface area contributed by atoms with Crippen LogP contribution in [0.1, 0.15) is 5.56 Å². The minimum Gasteiger partial charge on any atom is -0.225 e. The highest BCUT2D eigenvalue weighted by atomic mass is 32.2. The number of hydrogen-bond acceptors (Lipinski definition) is 2. The van der Waals surface area contributed by atoms with Gasteiger partial charge in [-0.2, -0.15) is 74.6 Å². The van der Waals surface area contributed by atoms with Gasteiger partial charge < -0.3 is 0 Å². The fourth-order valence-electron chi connectivity index (χ4n) is 2.25. The molecule has 0 radical (unpaired) electrons. The maximum atomic E-state index is 13.8. The number of hydrogen-bond donors (Lipinski definition) is 1. The second-order valence-corrected chi connectivity index (χ2v) is 8.58. The molecule has 21 heteroatoms. The smallest absolute Gasteiger partial charge is 0.225 e. The summed E-state index contributed by atoms with van der Waals surface area (Å²) in [6.07, 6.45) is -9.50. The zero-order chi connectivity index (χ0) is 29.9. The Kier molecular flexibility index (Phi) is 7.84. The summed E-state index contributed by atoms with van der Waals surface area (Å²) in [7, 11) is -4.40. The van der Waals surface area contributed by atoms with Crippen molar-refractivity contribution in [1.82, 2.24) is 0 Å². The number of sulfonamides is 1. The fourth-order valence-corrected chi connectivity index (χ4v) is 2.77. The first-order chi connectivity index (χ1) is 15.9. The van der Waals surface area contributed by atoms with Gasteiger partial charge in [0.2, 0.25) is 10.0 Å². The fraction of sp³-hybridized carbons (Fsp3) is 0.500. The van der Waals surface area contributed by atoms with Crippen LogP contribution in [0.3, 0.4) is 0 Å². The van der Waals surface area contributed by atoms with Crippen LogP contribution in [0.15, 0.2) is 35.2 Å². The second kappa shape index (κ2) is 8.87. The molecule has 0 aromatic heterocycles. The molecule has 0 heterocycles. The number of primary sulfonamides is 1. The molecule has 0 amide bonds. The Morgan fingerprint density at radius 3 is 1.19 bits per heavy atom. The molecule has 0 spiro atoms. The molecule has 1 aromatic rings. The normalized spacial score (nSPS) is 15.9. The largest absolute Gasteiger partial charge is 0.460 e. The molecule has 1 rings (SSSR count). The van der Waals surface area contributed by atoms with Crippen molar-refractivity contribution in [3.63, 3.8) is 0 Å². The van der Waals surface area contributed by atoms with Crippen LogP contribution in [0.25, 0.3) is 6.08 Å². The van der Waals surface area contributed by atoms with E-state index in [4.69, 9.17) is 0 Å². The van der Waals surface area contributed by atoms with E-state index in [1.807, 2.05) is 0 Å². The third-order valence-corrected chi connectivity index (χ3v) is 5.37.